The molecule has 0 spiro atoms. The maximum absolute atomic E-state index is 13.6. The van der Waals surface area contributed by atoms with Gasteiger partial charge >= 0.3 is 5.97 Å². The van der Waals surface area contributed by atoms with Crippen molar-refractivity contribution in [3.63, 3.8) is 0 Å². The van der Waals surface area contributed by atoms with Crippen LogP contribution in [-0.4, -0.2) is 48.7 Å². The summed E-state index contributed by atoms with van der Waals surface area (Å²) in [7, 11) is 0. The van der Waals surface area contributed by atoms with E-state index in [1.54, 1.807) is 0 Å². The van der Waals surface area contributed by atoms with Crippen molar-refractivity contribution in [2.45, 2.75) is 0 Å². The van der Waals surface area contributed by atoms with E-state index in [-0.39, 0.29) is 32.7 Å². The van der Waals surface area contributed by atoms with Crippen LogP contribution in [0.4, 0.5) is 27.6 Å². The number of carbonyl (C=O) groups is 1. The molecule has 0 unspecified atom stereocenters. The predicted molar refractivity (Wildman–Crippen MR) is 62.5 cm³/mol. The summed E-state index contributed by atoms with van der Waals surface area (Å²) in [6.45, 7) is -0.0280. The van der Waals surface area contributed by atoms with E-state index in [2.05, 4.69) is 0 Å². The molecular weight excluding hydrogens is 299 g/mol. The highest BCUT2D eigenvalue weighted by Crippen LogP contribution is 2.30. The first-order valence-corrected chi connectivity index (χ1v) is 6.03. The normalized spacial score (nSPS) is 16.3. The van der Waals surface area contributed by atoms with E-state index in [1.807, 2.05) is 0 Å². The second kappa shape index (κ2) is 5.84. The second-order valence-electron chi connectivity index (χ2n) is 4.58. The summed E-state index contributed by atoms with van der Waals surface area (Å²) in [6, 6.07) is 0. The highest BCUT2D eigenvalue weighted by molar-refractivity contribution is 5.69. The van der Waals surface area contributed by atoms with E-state index < -0.39 is 40.7 Å². The number of piperazine rings is 1. The lowest BCUT2D eigenvalue weighted by molar-refractivity contribution is -0.138. The summed E-state index contributed by atoms with van der Waals surface area (Å²) in [5.74, 6) is -11.0. The van der Waals surface area contributed by atoms with Gasteiger partial charge in [0.05, 0.1) is 6.54 Å². The molecular formula is C12H11F5N2O2. The fraction of sp³-hybridized carbons (Fsp3) is 0.417. The molecule has 1 fully saturated rings. The fourth-order valence-corrected chi connectivity index (χ4v) is 2.19. The zero-order valence-electron chi connectivity index (χ0n) is 10.7. The van der Waals surface area contributed by atoms with Crippen LogP contribution in [0.5, 0.6) is 0 Å². The van der Waals surface area contributed by atoms with E-state index in [9.17, 15) is 26.7 Å². The van der Waals surface area contributed by atoms with E-state index in [0.29, 0.717) is 0 Å². The lowest BCUT2D eigenvalue weighted by atomic mass is 10.2. The fourth-order valence-electron chi connectivity index (χ4n) is 2.19. The van der Waals surface area contributed by atoms with Crippen molar-refractivity contribution in [3.05, 3.63) is 29.1 Å². The van der Waals surface area contributed by atoms with Gasteiger partial charge in [0.15, 0.2) is 23.3 Å². The van der Waals surface area contributed by atoms with Gasteiger partial charge in [0, 0.05) is 26.2 Å². The van der Waals surface area contributed by atoms with Gasteiger partial charge in [0.1, 0.15) is 5.69 Å². The maximum atomic E-state index is 13.6. The van der Waals surface area contributed by atoms with Crippen LogP contribution in [0.25, 0.3) is 0 Å². The molecule has 0 saturated carbocycles. The Morgan fingerprint density at radius 3 is 1.71 bits per heavy atom. The number of hydrogen-bond acceptors (Lipinski definition) is 3. The average Bonchev–Trinajstić information content (AvgIpc) is 2.44. The molecule has 1 aliphatic heterocycles. The Bertz CT molecular complexity index is 544. The molecule has 0 atom stereocenters. The first kappa shape index (κ1) is 15.5. The van der Waals surface area contributed by atoms with Crippen molar-refractivity contribution in [1.82, 2.24) is 4.90 Å². The second-order valence-corrected chi connectivity index (χ2v) is 4.58. The number of nitrogens with zero attached hydrogens (tertiary/aromatic N) is 2. The first-order valence-electron chi connectivity index (χ1n) is 6.03. The lowest BCUT2D eigenvalue weighted by Crippen LogP contribution is -2.48. The topological polar surface area (TPSA) is 43.8 Å². The summed E-state index contributed by atoms with van der Waals surface area (Å²) < 4.78 is 66.5. The molecule has 0 aliphatic carbocycles. The summed E-state index contributed by atoms with van der Waals surface area (Å²) in [5, 5.41) is 8.62. The first-order chi connectivity index (χ1) is 9.82. The number of carboxylic acids is 1. The third-order valence-electron chi connectivity index (χ3n) is 3.23. The zero-order valence-corrected chi connectivity index (χ0v) is 10.7. The average molecular weight is 310 g/mol. The van der Waals surface area contributed by atoms with Crippen LogP contribution in [0.15, 0.2) is 0 Å². The molecule has 116 valence electrons. The Hall–Kier alpha value is -1.90. The Kier molecular flexibility index (Phi) is 4.31. The van der Waals surface area contributed by atoms with Crippen molar-refractivity contribution in [2.24, 2.45) is 0 Å². The number of benzene rings is 1. The third kappa shape index (κ3) is 2.92. The molecule has 0 bridgehead atoms. The van der Waals surface area contributed by atoms with Crippen molar-refractivity contribution in [1.29, 1.82) is 0 Å². The van der Waals surface area contributed by atoms with Crippen LogP contribution < -0.4 is 4.90 Å². The van der Waals surface area contributed by atoms with Gasteiger partial charge in [-0.3, -0.25) is 9.69 Å². The molecule has 1 heterocycles. The highest BCUT2D eigenvalue weighted by Gasteiger charge is 2.30. The van der Waals surface area contributed by atoms with Gasteiger partial charge in [0.25, 0.3) is 0 Å². The number of rotatable bonds is 3. The quantitative estimate of drug-likeness (QED) is 0.523. The molecule has 1 aromatic rings. The van der Waals surface area contributed by atoms with Gasteiger partial charge in [-0.25, -0.2) is 22.0 Å². The smallest absolute Gasteiger partial charge is 0.317 e. The third-order valence-corrected chi connectivity index (χ3v) is 3.23. The van der Waals surface area contributed by atoms with E-state index in [4.69, 9.17) is 5.11 Å². The summed E-state index contributed by atoms with van der Waals surface area (Å²) in [4.78, 5) is 13.1. The Morgan fingerprint density at radius 1 is 0.857 bits per heavy atom. The molecule has 0 aromatic heterocycles. The van der Waals surface area contributed by atoms with Crippen LogP contribution in [-0.2, 0) is 4.79 Å². The molecule has 1 aromatic carbocycles. The molecule has 1 N–H and O–H groups in total. The number of hydrogen-bond donors (Lipinski definition) is 1. The van der Waals surface area contributed by atoms with Crippen LogP contribution >= 0.6 is 0 Å². The standard InChI is InChI=1S/C12H11F5N2O2/c13-7-8(14)10(16)12(11(17)9(7)15)19-3-1-18(2-4-19)5-6(20)21/h1-5H2,(H,20,21). The SMILES string of the molecule is O=C(O)CN1CCN(c2c(F)c(F)c(F)c(F)c2F)CC1. The predicted octanol–water partition coefficient (Wildman–Crippen LogP) is 1.59. The van der Waals surface area contributed by atoms with Gasteiger partial charge in [0.2, 0.25) is 5.82 Å². The molecule has 2 rings (SSSR count). The summed E-state index contributed by atoms with van der Waals surface area (Å²) in [5.41, 5.74) is -0.971. The molecule has 9 heteroatoms. The number of carboxylic acid groups (broad SMARTS) is 1. The van der Waals surface area contributed by atoms with E-state index >= 15 is 0 Å². The zero-order chi connectivity index (χ0) is 15.7. The summed E-state index contributed by atoms with van der Waals surface area (Å²) >= 11 is 0. The van der Waals surface area contributed by atoms with Crippen LogP contribution in [0, 0.1) is 29.1 Å². The van der Waals surface area contributed by atoms with Crippen molar-refractivity contribution >= 4 is 11.7 Å². The Morgan fingerprint density at radius 2 is 1.29 bits per heavy atom. The van der Waals surface area contributed by atoms with Gasteiger partial charge in [-0.2, -0.15) is 0 Å². The maximum Gasteiger partial charge on any atom is 0.317 e. The highest BCUT2D eigenvalue weighted by atomic mass is 19.2. The van der Waals surface area contributed by atoms with Crippen molar-refractivity contribution in [2.75, 3.05) is 37.6 Å². The van der Waals surface area contributed by atoms with Gasteiger partial charge in [-0.15, -0.1) is 0 Å². The molecule has 4 nitrogen and oxygen atoms in total. The molecule has 0 amide bonds. The van der Waals surface area contributed by atoms with Gasteiger partial charge in [-0.05, 0) is 0 Å². The molecule has 1 saturated heterocycles. The lowest BCUT2D eigenvalue weighted by Gasteiger charge is -2.35. The van der Waals surface area contributed by atoms with E-state index in [1.165, 1.54) is 4.90 Å². The Balaban J connectivity index is 2.23. The Labute approximate surface area is 116 Å². The van der Waals surface area contributed by atoms with E-state index in [0.717, 1.165) is 4.90 Å². The minimum Gasteiger partial charge on any atom is -0.480 e. The van der Waals surface area contributed by atoms with Crippen molar-refractivity contribution in [3.8, 4) is 0 Å². The number of aliphatic carboxylic acids is 1. The van der Waals surface area contributed by atoms with Gasteiger partial charge < -0.3 is 10.0 Å². The molecule has 21 heavy (non-hydrogen) atoms. The van der Waals surface area contributed by atoms with Crippen LogP contribution in [0.3, 0.4) is 0 Å². The largest absolute Gasteiger partial charge is 0.480 e. The minimum atomic E-state index is -2.20. The number of anilines is 1. The van der Waals surface area contributed by atoms with Crippen LogP contribution in [0.1, 0.15) is 0 Å². The molecule has 1 aliphatic rings. The molecule has 0 radical (unpaired) electrons. The number of halogens is 5. The monoisotopic (exact) mass is 310 g/mol. The van der Waals surface area contributed by atoms with Gasteiger partial charge in [-0.1, -0.05) is 0 Å². The minimum absolute atomic E-state index is 0.0361. The summed E-state index contributed by atoms with van der Waals surface area (Å²) in [6.07, 6.45) is 0. The van der Waals surface area contributed by atoms with Crippen LogP contribution in [0.2, 0.25) is 0 Å². The van der Waals surface area contributed by atoms with Crippen molar-refractivity contribution < 1.29 is 31.9 Å².